The Hall–Kier alpha value is -1.72. The molecule has 0 radical (unpaired) electrons. The van der Waals surface area contributed by atoms with Crippen molar-refractivity contribution < 1.29 is 4.74 Å². The first-order chi connectivity index (χ1) is 10.8. The fourth-order valence-corrected chi connectivity index (χ4v) is 3.77. The van der Waals surface area contributed by atoms with Crippen molar-refractivity contribution in [2.24, 2.45) is 0 Å². The van der Waals surface area contributed by atoms with Gasteiger partial charge in [-0.2, -0.15) is 0 Å². The summed E-state index contributed by atoms with van der Waals surface area (Å²) in [5.74, 6) is 0.759. The minimum Gasteiger partial charge on any atom is -0.375 e. The van der Waals surface area contributed by atoms with Gasteiger partial charge in [-0.25, -0.2) is 4.98 Å². The van der Waals surface area contributed by atoms with E-state index in [2.05, 4.69) is 14.9 Å². The number of nitrogens with one attached hydrogen (secondary N) is 1. The zero-order chi connectivity index (χ0) is 14.9. The molecule has 5 nitrogen and oxygen atoms in total. The van der Waals surface area contributed by atoms with Crippen LogP contribution >= 0.6 is 0 Å². The molecule has 116 valence electrons. The molecule has 1 aliphatic heterocycles. The summed E-state index contributed by atoms with van der Waals surface area (Å²) in [6.07, 6.45) is 5.23. The number of ether oxygens (including phenoxy) is 1. The number of fused-ring (bicyclic) bond motifs is 2. The van der Waals surface area contributed by atoms with Crippen LogP contribution in [0.15, 0.2) is 29.1 Å². The topological polar surface area (TPSA) is 58.2 Å². The van der Waals surface area contributed by atoms with Gasteiger partial charge in [0.05, 0.1) is 30.2 Å². The fraction of sp³-hybridized carbons (Fsp3) is 0.529. The van der Waals surface area contributed by atoms with Crippen LogP contribution in [0.1, 0.15) is 31.5 Å². The van der Waals surface area contributed by atoms with Crippen LogP contribution < -0.4 is 5.56 Å². The molecule has 2 atom stereocenters. The van der Waals surface area contributed by atoms with Gasteiger partial charge >= 0.3 is 0 Å². The molecule has 1 N–H and O–H groups in total. The molecule has 0 spiro atoms. The molecule has 2 aliphatic rings. The molecular formula is C17H21N3O2. The van der Waals surface area contributed by atoms with E-state index in [0.29, 0.717) is 24.1 Å². The lowest BCUT2D eigenvalue weighted by molar-refractivity contribution is -0.0917. The highest BCUT2D eigenvalue weighted by Gasteiger charge is 2.34. The molecule has 22 heavy (non-hydrogen) atoms. The van der Waals surface area contributed by atoms with Gasteiger partial charge in [0.25, 0.3) is 5.56 Å². The standard InChI is InChI=1S/C17H21N3O2/c21-17-12-5-1-2-6-13(12)18-16(19-17)11-20-9-10-22-15-8-4-3-7-14(15)20/h1-2,5-6,14-15H,3-4,7-11H2,(H,18,19,21)/t14-,15-/m0/s1. The SMILES string of the molecule is O=c1[nH]c(CN2CCO[C@H]3CCCC[C@@H]32)nc2ccccc12. The lowest BCUT2D eigenvalue weighted by atomic mass is 9.90. The number of morpholine rings is 1. The minimum atomic E-state index is -0.0472. The predicted octanol–water partition coefficient (Wildman–Crippen LogP) is 2.07. The number of aromatic amines is 1. The van der Waals surface area contributed by atoms with Gasteiger partial charge in [-0.3, -0.25) is 9.69 Å². The van der Waals surface area contributed by atoms with Crippen LogP contribution in [0.2, 0.25) is 0 Å². The predicted molar refractivity (Wildman–Crippen MR) is 84.8 cm³/mol. The maximum Gasteiger partial charge on any atom is 0.258 e. The van der Waals surface area contributed by atoms with Gasteiger partial charge in [0, 0.05) is 12.6 Å². The van der Waals surface area contributed by atoms with Crippen molar-refractivity contribution in [3.05, 3.63) is 40.4 Å². The summed E-state index contributed by atoms with van der Waals surface area (Å²) in [6.45, 7) is 2.39. The van der Waals surface area contributed by atoms with Crippen molar-refractivity contribution >= 4 is 10.9 Å². The first kappa shape index (κ1) is 13.9. The normalized spacial score (nSPS) is 26.0. The van der Waals surface area contributed by atoms with Crippen molar-refractivity contribution in [3.8, 4) is 0 Å². The van der Waals surface area contributed by atoms with E-state index >= 15 is 0 Å². The van der Waals surface area contributed by atoms with Crippen LogP contribution in [-0.2, 0) is 11.3 Å². The number of H-pyrrole nitrogens is 1. The number of hydrogen-bond donors (Lipinski definition) is 1. The summed E-state index contributed by atoms with van der Waals surface area (Å²) in [4.78, 5) is 22.2. The summed E-state index contributed by atoms with van der Waals surface area (Å²) in [7, 11) is 0. The number of nitrogens with zero attached hydrogens (tertiary/aromatic N) is 2. The summed E-state index contributed by atoms with van der Waals surface area (Å²) in [6, 6.07) is 7.98. The van der Waals surface area contributed by atoms with E-state index in [1.165, 1.54) is 19.3 Å². The third-order valence-electron chi connectivity index (χ3n) is 4.86. The number of aromatic nitrogens is 2. The van der Waals surface area contributed by atoms with Crippen molar-refractivity contribution in [3.63, 3.8) is 0 Å². The number of hydrogen-bond acceptors (Lipinski definition) is 4. The highest BCUT2D eigenvalue weighted by Crippen LogP contribution is 2.29. The first-order valence-corrected chi connectivity index (χ1v) is 8.15. The van der Waals surface area contributed by atoms with E-state index in [1.807, 2.05) is 24.3 Å². The highest BCUT2D eigenvalue weighted by molar-refractivity contribution is 5.77. The second-order valence-corrected chi connectivity index (χ2v) is 6.26. The third-order valence-corrected chi connectivity index (χ3v) is 4.86. The van der Waals surface area contributed by atoms with E-state index in [-0.39, 0.29) is 5.56 Å². The Kier molecular flexibility index (Phi) is 3.68. The quantitative estimate of drug-likeness (QED) is 0.922. The fourth-order valence-electron chi connectivity index (χ4n) is 3.77. The Balaban J connectivity index is 1.61. The Labute approximate surface area is 129 Å². The number of para-hydroxylation sites is 1. The van der Waals surface area contributed by atoms with Crippen LogP contribution in [0.25, 0.3) is 10.9 Å². The molecular weight excluding hydrogens is 278 g/mol. The third kappa shape index (κ3) is 2.55. The van der Waals surface area contributed by atoms with Gasteiger partial charge in [0.2, 0.25) is 0 Å². The second kappa shape index (κ2) is 5.82. The summed E-state index contributed by atoms with van der Waals surface area (Å²) in [5.41, 5.74) is 0.726. The molecule has 0 amide bonds. The van der Waals surface area contributed by atoms with E-state index in [1.54, 1.807) is 0 Å². The lowest BCUT2D eigenvalue weighted by Crippen LogP contribution is -2.52. The van der Waals surface area contributed by atoms with Gasteiger partial charge < -0.3 is 9.72 Å². The zero-order valence-corrected chi connectivity index (χ0v) is 12.6. The monoisotopic (exact) mass is 299 g/mol. The molecule has 1 saturated carbocycles. The van der Waals surface area contributed by atoms with Crippen LogP contribution in [-0.4, -0.2) is 40.2 Å². The molecule has 1 saturated heterocycles. The minimum absolute atomic E-state index is 0.0472. The van der Waals surface area contributed by atoms with E-state index in [9.17, 15) is 4.79 Å². The molecule has 5 heteroatoms. The Bertz CT molecular complexity index is 725. The van der Waals surface area contributed by atoms with Gasteiger partial charge in [-0.05, 0) is 25.0 Å². The van der Waals surface area contributed by atoms with Crippen LogP contribution in [0.4, 0.5) is 0 Å². The molecule has 1 aromatic heterocycles. The van der Waals surface area contributed by atoms with Crippen LogP contribution in [0, 0.1) is 0 Å². The van der Waals surface area contributed by atoms with E-state index in [4.69, 9.17) is 4.74 Å². The van der Waals surface area contributed by atoms with Crippen molar-refractivity contribution in [1.29, 1.82) is 0 Å². The molecule has 0 unspecified atom stereocenters. The maximum atomic E-state index is 12.2. The summed E-state index contributed by atoms with van der Waals surface area (Å²) < 4.78 is 5.91. The largest absolute Gasteiger partial charge is 0.375 e. The summed E-state index contributed by atoms with van der Waals surface area (Å²) >= 11 is 0. The Morgan fingerprint density at radius 3 is 3.09 bits per heavy atom. The zero-order valence-electron chi connectivity index (χ0n) is 12.6. The molecule has 1 aromatic carbocycles. The lowest BCUT2D eigenvalue weighted by Gasteiger charge is -2.43. The Morgan fingerprint density at radius 2 is 2.14 bits per heavy atom. The number of benzene rings is 1. The highest BCUT2D eigenvalue weighted by atomic mass is 16.5. The molecule has 1 aliphatic carbocycles. The Morgan fingerprint density at radius 1 is 1.27 bits per heavy atom. The first-order valence-electron chi connectivity index (χ1n) is 8.15. The average molecular weight is 299 g/mol. The van der Waals surface area contributed by atoms with Crippen molar-refractivity contribution in [2.75, 3.05) is 13.2 Å². The molecule has 2 aromatic rings. The average Bonchev–Trinajstić information content (AvgIpc) is 2.55. The van der Waals surface area contributed by atoms with E-state index in [0.717, 1.165) is 30.9 Å². The molecule has 2 heterocycles. The summed E-state index contributed by atoms with van der Waals surface area (Å²) in [5, 5.41) is 0.656. The molecule has 2 fully saturated rings. The van der Waals surface area contributed by atoms with E-state index < -0.39 is 0 Å². The van der Waals surface area contributed by atoms with Gasteiger partial charge in [-0.1, -0.05) is 25.0 Å². The van der Waals surface area contributed by atoms with Gasteiger partial charge in [0.1, 0.15) is 5.82 Å². The van der Waals surface area contributed by atoms with Crippen LogP contribution in [0.5, 0.6) is 0 Å². The number of rotatable bonds is 2. The van der Waals surface area contributed by atoms with Crippen molar-refractivity contribution in [1.82, 2.24) is 14.9 Å². The van der Waals surface area contributed by atoms with Crippen molar-refractivity contribution in [2.45, 2.75) is 44.4 Å². The maximum absolute atomic E-state index is 12.2. The van der Waals surface area contributed by atoms with Gasteiger partial charge in [0.15, 0.2) is 0 Å². The smallest absolute Gasteiger partial charge is 0.258 e. The second-order valence-electron chi connectivity index (χ2n) is 6.26. The molecule has 4 rings (SSSR count). The van der Waals surface area contributed by atoms with Gasteiger partial charge in [-0.15, -0.1) is 0 Å². The molecule has 0 bridgehead atoms. The van der Waals surface area contributed by atoms with Crippen LogP contribution in [0.3, 0.4) is 0 Å².